The third-order valence-electron chi connectivity index (χ3n) is 5.50. The van der Waals surface area contributed by atoms with Crippen LogP contribution in [0.5, 0.6) is 0 Å². The van der Waals surface area contributed by atoms with Crippen LogP contribution in [-0.2, 0) is 6.42 Å². The Balaban J connectivity index is 1.85. The van der Waals surface area contributed by atoms with Crippen LogP contribution in [-0.4, -0.2) is 27.7 Å². The number of halogens is 1. The number of carbonyl (C=O) groups is 1. The summed E-state index contributed by atoms with van der Waals surface area (Å²) in [7, 11) is 0. The summed E-state index contributed by atoms with van der Waals surface area (Å²) in [6, 6.07) is 5.99. The lowest BCUT2D eigenvalue weighted by molar-refractivity contribution is 0.0702. The number of aryl methyl sites for hydroxylation is 1. The molecule has 0 bridgehead atoms. The minimum Gasteiger partial charge on any atom is -0.477 e. The molecule has 0 saturated heterocycles. The molecule has 0 radical (unpaired) electrons. The standard InChI is InChI=1S/C22H30ClNO3S/c1-15(25)7-4-2-3-5-9-18-16(14-24)13-20(23)19(18)10-6-8-17-11-12-21(28-17)22(26)27/h5,9,11-12,15-16,18-20,25H,2-4,6-8,10,13H2,1H3,(H,26,27)/b9-5+/t15-,16+,18+,19-,20-/m1/s1. The summed E-state index contributed by atoms with van der Waals surface area (Å²) in [5.41, 5.74) is 0. The molecule has 2 N–H and O–H groups in total. The first-order chi connectivity index (χ1) is 13.4. The van der Waals surface area contributed by atoms with E-state index in [0.717, 1.165) is 56.2 Å². The van der Waals surface area contributed by atoms with Gasteiger partial charge in [0.05, 0.1) is 18.1 Å². The number of hydrogen-bond acceptors (Lipinski definition) is 4. The second-order valence-corrected chi connectivity index (χ2v) is 9.48. The van der Waals surface area contributed by atoms with E-state index in [4.69, 9.17) is 16.7 Å². The monoisotopic (exact) mass is 423 g/mol. The Morgan fingerprint density at radius 1 is 1.43 bits per heavy atom. The fourth-order valence-corrected chi connectivity index (χ4v) is 5.37. The van der Waals surface area contributed by atoms with Crippen molar-refractivity contribution in [2.75, 3.05) is 0 Å². The van der Waals surface area contributed by atoms with Gasteiger partial charge in [0.2, 0.25) is 0 Å². The van der Waals surface area contributed by atoms with Crippen LogP contribution in [0.2, 0.25) is 0 Å². The van der Waals surface area contributed by atoms with Crippen LogP contribution < -0.4 is 0 Å². The highest BCUT2D eigenvalue weighted by molar-refractivity contribution is 7.13. The highest BCUT2D eigenvalue weighted by Gasteiger charge is 2.40. The van der Waals surface area contributed by atoms with Crippen LogP contribution in [0.3, 0.4) is 0 Å². The van der Waals surface area contributed by atoms with Gasteiger partial charge >= 0.3 is 5.97 Å². The summed E-state index contributed by atoms with van der Waals surface area (Å²) in [6.45, 7) is 1.82. The maximum Gasteiger partial charge on any atom is 0.345 e. The lowest BCUT2D eigenvalue weighted by atomic mass is 9.86. The van der Waals surface area contributed by atoms with Crippen molar-refractivity contribution < 1.29 is 15.0 Å². The molecule has 1 aliphatic rings. The van der Waals surface area contributed by atoms with Crippen molar-refractivity contribution in [1.82, 2.24) is 0 Å². The van der Waals surface area contributed by atoms with Gasteiger partial charge < -0.3 is 10.2 Å². The molecule has 1 aromatic heterocycles. The normalized spacial score (nSPS) is 25.8. The van der Waals surface area contributed by atoms with Crippen LogP contribution in [0.4, 0.5) is 0 Å². The molecule has 6 heteroatoms. The van der Waals surface area contributed by atoms with E-state index >= 15 is 0 Å². The van der Waals surface area contributed by atoms with Crippen LogP contribution in [0.1, 0.15) is 66.4 Å². The number of aliphatic hydroxyl groups is 1. The maximum absolute atomic E-state index is 11.0. The molecule has 154 valence electrons. The third-order valence-corrected chi connectivity index (χ3v) is 7.14. The molecule has 1 saturated carbocycles. The zero-order valence-corrected chi connectivity index (χ0v) is 18.0. The maximum atomic E-state index is 11.0. The summed E-state index contributed by atoms with van der Waals surface area (Å²) >= 11 is 7.92. The average molecular weight is 424 g/mol. The van der Waals surface area contributed by atoms with Crippen molar-refractivity contribution >= 4 is 28.9 Å². The largest absolute Gasteiger partial charge is 0.477 e. The Morgan fingerprint density at radius 2 is 2.21 bits per heavy atom. The van der Waals surface area contributed by atoms with Crippen LogP contribution in [0.25, 0.3) is 0 Å². The summed E-state index contributed by atoms with van der Waals surface area (Å²) in [5, 5.41) is 27.9. The Bertz CT molecular complexity index is 694. The number of aliphatic hydroxyl groups excluding tert-OH is 1. The average Bonchev–Trinajstić information content (AvgIpc) is 3.23. The summed E-state index contributed by atoms with van der Waals surface area (Å²) < 4.78 is 0. The Kier molecular flexibility index (Phi) is 9.50. The van der Waals surface area contributed by atoms with Gasteiger partial charge in [0.15, 0.2) is 0 Å². The van der Waals surface area contributed by atoms with Gasteiger partial charge in [0, 0.05) is 10.3 Å². The minimum atomic E-state index is -0.872. The predicted molar refractivity (Wildman–Crippen MR) is 114 cm³/mol. The van der Waals surface area contributed by atoms with E-state index in [1.54, 1.807) is 6.07 Å². The van der Waals surface area contributed by atoms with E-state index in [1.807, 2.05) is 13.0 Å². The summed E-state index contributed by atoms with van der Waals surface area (Å²) in [5.74, 6) is -0.411. The molecule has 28 heavy (non-hydrogen) atoms. The number of rotatable bonds is 11. The van der Waals surface area contributed by atoms with E-state index in [0.29, 0.717) is 10.8 Å². The fraction of sp³-hybridized carbons (Fsp3) is 0.636. The van der Waals surface area contributed by atoms with Crippen molar-refractivity contribution in [3.8, 4) is 6.07 Å². The van der Waals surface area contributed by atoms with Gasteiger partial charge in [-0.1, -0.05) is 18.6 Å². The van der Waals surface area contributed by atoms with Gasteiger partial charge in [-0.3, -0.25) is 0 Å². The molecular weight excluding hydrogens is 394 g/mol. The number of unbranched alkanes of at least 4 members (excludes halogenated alkanes) is 2. The molecule has 1 heterocycles. The SMILES string of the molecule is C[C@@H](O)CCCC/C=C/[C@@H]1[C@@H](CCCc2ccc(C(=O)O)s2)[C@H](Cl)C[C@H]1C#N. The first-order valence-corrected chi connectivity index (χ1v) is 11.4. The smallest absolute Gasteiger partial charge is 0.345 e. The molecule has 0 aliphatic heterocycles. The summed E-state index contributed by atoms with van der Waals surface area (Å²) in [6.07, 6.45) is 11.5. The van der Waals surface area contributed by atoms with Crippen LogP contribution >= 0.6 is 22.9 Å². The highest BCUT2D eigenvalue weighted by atomic mass is 35.5. The van der Waals surface area contributed by atoms with Gasteiger partial charge in [-0.25, -0.2) is 4.79 Å². The van der Waals surface area contributed by atoms with Gasteiger partial charge in [-0.2, -0.15) is 5.26 Å². The van der Waals surface area contributed by atoms with Crippen molar-refractivity contribution in [2.24, 2.45) is 17.8 Å². The lowest BCUT2D eigenvalue weighted by Gasteiger charge is -2.20. The third kappa shape index (κ3) is 6.92. The Morgan fingerprint density at radius 3 is 2.86 bits per heavy atom. The number of carboxylic acids is 1. The highest BCUT2D eigenvalue weighted by Crippen LogP contribution is 2.43. The number of nitrogens with zero attached hydrogens (tertiary/aromatic N) is 1. The van der Waals surface area contributed by atoms with Crippen molar-refractivity contribution in [2.45, 2.75) is 69.8 Å². The Labute approximate surface area is 176 Å². The van der Waals surface area contributed by atoms with Gasteiger partial charge in [-0.15, -0.1) is 22.9 Å². The predicted octanol–water partition coefficient (Wildman–Crippen LogP) is 5.65. The molecule has 4 nitrogen and oxygen atoms in total. The van der Waals surface area contributed by atoms with Gasteiger partial charge in [-0.05, 0) is 75.8 Å². The molecule has 2 rings (SSSR count). The first-order valence-electron chi connectivity index (χ1n) is 10.1. The number of allylic oxidation sites excluding steroid dienone is 2. The molecule has 0 amide bonds. The molecule has 5 atom stereocenters. The Hall–Kier alpha value is -1.35. The second-order valence-electron chi connectivity index (χ2n) is 7.75. The molecule has 0 aromatic carbocycles. The molecule has 1 aliphatic carbocycles. The van der Waals surface area contributed by atoms with Crippen LogP contribution in [0, 0.1) is 29.1 Å². The van der Waals surface area contributed by atoms with Gasteiger partial charge in [0.1, 0.15) is 4.88 Å². The first kappa shape index (κ1) is 22.9. The number of carboxylic acid groups (broad SMARTS) is 1. The second kappa shape index (κ2) is 11.6. The number of alkyl halides is 1. The van der Waals surface area contributed by atoms with E-state index < -0.39 is 5.97 Å². The minimum absolute atomic E-state index is 0.0208. The fourth-order valence-electron chi connectivity index (χ4n) is 4.00. The quantitative estimate of drug-likeness (QED) is 0.273. The topological polar surface area (TPSA) is 81.3 Å². The zero-order chi connectivity index (χ0) is 20.5. The number of aromatic carboxylic acids is 1. The molecule has 1 aromatic rings. The van der Waals surface area contributed by atoms with Crippen molar-refractivity contribution in [3.63, 3.8) is 0 Å². The number of nitriles is 1. The summed E-state index contributed by atoms with van der Waals surface area (Å²) in [4.78, 5) is 12.5. The van der Waals surface area contributed by atoms with E-state index in [2.05, 4.69) is 18.2 Å². The van der Waals surface area contributed by atoms with E-state index in [-0.39, 0.29) is 23.3 Å². The number of hydrogen-bond donors (Lipinski definition) is 2. The molecule has 0 spiro atoms. The van der Waals surface area contributed by atoms with Crippen molar-refractivity contribution in [3.05, 3.63) is 34.0 Å². The molecular formula is C22H30ClNO3S. The lowest BCUT2D eigenvalue weighted by Crippen LogP contribution is -2.16. The van der Waals surface area contributed by atoms with E-state index in [9.17, 15) is 15.2 Å². The van der Waals surface area contributed by atoms with Crippen molar-refractivity contribution in [1.29, 1.82) is 5.26 Å². The molecule has 1 fully saturated rings. The number of thiophene rings is 1. The van der Waals surface area contributed by atoms with E-state index in [1.165, 1.54) is 11.3 Å². The van der Waals surface area contributed by atoms with Gasteiger partial charge in [0.25, 0.3) is 0 Å². The van der Waals surface area contributed by atoms with Crippen LogP contribution in [0.15, 0.2) is 24.3 Å². The zero-order valence-electron chi connectivity index (χ0n) is 16.4. The molecule has 0 unspecified atom stereocenters.